The first-order chi connectivity index (χ1) is 4.70. The molecule has 2 nitrogen and oxygen atoms in total. The lowest BCUT2D eigenvalue weighted by atomic mass is 10.3. The van der Waals surface area contributed by atoms with Gasteiger partial charge in [0.25, 0.3) is 0 Å². The summed E-state index contributed by atoms with van der Waals surface area (Å²) in [5, 5.41) is 1.70. The van der Waals surface area contributed by atoms with Crippen LogP contribution in [0.1, 0.15) is 11.4 Å². The first kappa shape index (κ1) is 11.4. The highest BCUT2D eigenvalue weighted by Gasteiger charge is 2.15. The van der Waals surface area contributed by atoms with Crippen LogP contribution in [0.5, 0.6) is 0 Å². The molecule has 0 saturated carbocycles. The molecule has 2 rings (SSSR count). The molecule has 0 atom stereocenters. The molecule has 0 radical (unpaired) electrons. The number of aromatic nitrogens is 1. The average Bonchev–Trinajstić information content (AvgIpc) is 2.42. The number of halogens is 2. The summed E-state index contributed by atoms with van der Waals surface area (Å²) in [5.41, 5.74) is 1.99. The van der Waals surface area contributed by atoms with Crippen LogP contribution >= 0.6 is 12.4 Å². The van der Waals surface area contributed by atoms with Crippen LogP contribution in [0, 0.1) is 13.8 Å². The van der Waals surface area contributed by atoms with Gasteiger partial charge in [0.15, 0.2) is 5.43 Å². The molecule has 0 saturated heterocycles. The Labute approximate surface area is 82.5 Å². The minimum atomic E-state index is 0. The number of aryl methyl sites for hydroxylation is 2. The zero-order valence-corrected chi connectivity index (χ0v) is 8.29. The second-order valence-electron chi connectivity index (χ2n) is 2.60. The Morgan fingerprint density at radius 1 is 1.33 bits per heavy atom. The van der Waals surface area contributed by atoms with Crippen molar-refractivity contribution in [2.75, 3.05) is 0 Å². The third-order valence-electron chi connectivity index (χ3n) is 1.74. The lowest BCUT2D eigenvalue weighted by Crippen LogP contribution is -3.00. The molecule has 1 aromatic heterocycles. The van der Waals surface area contributed by atoms with Gasteiger partial charge in [-0.05, 0) is 19.9 Å². The van der Waals surface area contributed by atoms with E-state index in [2.05, 4.69) is 4.98 Å². The Kier molecular flexibility index (Phi) is 3.25. The fraction of sp³-hybridized carbons (Fsp3) is 0.250. The molecule has 0 aliphatic rings. The van der Waals surface area contributed by atoms with Gasteiger partial charge in [0.2, 0.25) is 0 Å². The Morgan fingerprint density at radius 3 is 2.42 bits per heavy atom. The molecule has 0 amide bonds. The first-order valence-corrected chi connectivity index (χ1v) is 3.23. The Bertz CT molecular complexity index is 415. The molecular formula is C8H8Cl2NO-. The molecule has 0 unspecified atom stereocenters. The molecule has 0 aliphatic heterocycles. The summed E-state index contributed by atoms with van der Waals surface area (Å²) >= 11 is 0. The van der Waals surface area contributed by atoms with Crippen LogP contribution in [-0.2, 0) is 0 Å². The highest BCUT2D eigenvalue weighted by molar-refractivity contribution is 5.99. The second kappa shape index (κ2) is 3.42. The maximum atomic E-state index is 10.9. The van der Waals surface area contributed by atoms with E-state index in [4.69, 9.17) is 0 Å². The van der Waals surface area contributed by atoms with E-state index in [1.807, 2.05) is 19.9 Å². The van der Waals surface area contributed by atoms with Crippen LogP contribution in [0.15, 0.2) is 10.9 Å². The topological polar surface area (TPSA) is 30.0 Å². The van der Waals surface area contributed by atoms with Crippen molar-refractivity contribution in [3.8, 4) is 0 Å². The number of nitrogens with zero attached hydrogens (tertiary/aromatic N) is 1. The smallest absolute Gasteiger partial charge is 0.196 e. The molecule has 1 heterocycles. The molecule has 4 heteroatoms. The molecule has 0 spiro atoms. The summed E-state index contributed by atoms with van der Waals surface area (Å²) in [6, 6.07) is 1.84. The highest BCUT2D eigenvalue weighted by Crippen LogP contribution is 2.17. The van der Waals surface area contributed by atoms with E-state index >= 15 is 0 Å². The van der Waals surface area contributed by atoms with Gasteiger partial charge in [-0.15, -0.1) is 12.4 Å². The van der Waals surface area contributed by atoms with E-state index in [1.165, 1.54) is 0 Å². The minimum absolute atomic E-state index is 0. The second-order valence-corrected chi connectivity index (χ2v) is 2.60. The van der Waals surface area contributed by atoms with Gasteiger partial charge in [-0.1, -0.05) is 0 Å². The fourth-order valence-corrected chi connectivity index (χ4v) is 1.24. The van der Waals surface area contributed by atoms with Crippen molar-refractivity contribution in [3.05, 3.63) is 27.7 Å². The van der Waals surface area contributed by atoms with Crippen LogP contribution in [0.25, 0.3) is 10.8 Å². The predicted molar refractivity (Wildman–Crippen MR) is 47.1 cm³/mol. The van der Waals surface area contributed by atoms with Gasteiger partial charge in [0.05, 0.1) is 5.39 Å². The Balaban J connectivity index is 0.000000605. The molecule has 2 aromatic rings. The average molecular weight is 205 g/mol. The van der Waals surface area contributed by atoms with Crippen molar-refractivity contribution < 1.29 is 12.4 Å². The normalized spacial score (nSPS) is 9.50. The van der Waals surface area contributed by atoms with Crippen LogP contribution in [0.2, 0.25) is 0 Å². The van der Waals surface area contributed by atoms with Crippen molar-refractivity contribution >= 4 is 23.2 Å². The number of hydrogen-bond donors (Lipinski definition) is 0. The van der Waals surface area contributed by atoms with E-state index in [1.54, 1.807) is 0 Å². The zero-order valence-electron chi connectivity index (χ0n) is 6.72. The molecule has 1 aromatic carbocycles. The van der Waals surface area contributed by atoms with Crippen LogP contribution in [0.4, 0.5) is 0 Å². The standard InChI is InChI=1S/C8H7NO.2ClH/c1-4-3-6-7(8(6)10)5(2)9-4;;/h3H,1-2H3;2*1H/p-1. The molecule has 0 aliphatic carbocycles. The monoisotopic (exact) mass is 204 g/mol. The van der Waals surface area contributed by atoms with Gasteiger partial charge in [-0.2, -0.15) is 0 Å². The van der Waals surface area contributed by atoms with E-state index < -0.39 is 0 Å². The van der Waals surface area contributed by atoms with Gasteiger partial charge >= 0.3 is 0 Å². The molecule has 0 N–H and O–H groups in total. The minimum Gasteiger partial charge on any atom is -1.00 e. The van der Waals surface area contributed by atoms with Gasteiger partial charge < -0.3 is 12.4 Å². The van der Waals surface area contributed by atoms with Crippen molar-refractivity contribution in [3.63, 3.8) is 0 Å². The lowest BCUT2D eigenvalue weighted by molar-refractivity contribution is -0.00000245. The summed E-state index contributed by atoms with van der Waals surface area (Å²) in [6.07, 6.45) is 0. The summed E-state index contributed by atoms with van der Waals surface area (Å²) in [4.78, 5) is 15.0. The van der Waals surface area contributed by atoms with Gasteiger partial charge in [-0.3, -0.25) is 9.78 Å². The van der Waals surface area contributed by atoms with E-state index in [0.717, 1.165) is 22.2 Å². The Morgan fingerprint density at radius 2 is 1.92 bits per heavy atom. The van der Waals surface area contributed by atoms with E-state index in [-0.39, 0.29) is 30.2 Å². The largest absolute Gasteiger partial charge is 1.00 e. The van der Waals surface area contributed by atoms with Crippen molar-refractivity contribution in [2.24, 2.45) is 0 Å². The van der Waals surface area contributed by atoms with Crippen LogP contribution in [0.3, 0.4) is 0 Å². The van der Waals surface area contributed by atoms with E-state index in [0.29, 0.717) is 0 Å². The van der Waals surface area contributed by atoms with Gasteiger partial charge in [-0.25, -0.2) is 0 Å². The third-order valence-corrected chi connectivity index (χ3v) is 1.74. The van der Waals surface area contributed by atoms with Crippen LogP contribution < -0.4 is 17.8 Å². The number of hydrogen-bond acceptors (Lipinski definition) is 2. The summed E-state index contributed by atoms with van der Waals surface area (Å²) < 4.78 is 0. The van der Waals surface area contributed by atoms with Gasteiger partial charge in [0, 0.05) is 16.8 Å². The number of rotatable bonds is 0. The molecular weight excluding hydrogens is 197 g/mol. The SMILES string of the molecule is Cc1cc2c(=O)c2c(C)n1.Cl.[Cl-]. The van der Waals surface area contributed by atoms with E-state index in [9.17, 15) is 4.79 Å². The molecule has 66 valence electrons. The summed E-state index contributed by atoms with van der Waals surface area (Å²) in [5.74, 6) is 0. The fourth-order valence-electron chi connectivity index (χ4n) is 1.24. The lowest BCUT2D eigenvalue weighted by Gasteiger charge is -1.88. The zero-order chi connectivity index (χ0) is 7.30. The Hall–Kier alpha value is -0.600. The molecule has 0 bridgehead atoms. The summed E-state index contributed by atoms with van der Waals surface area (Å²) in [7, 11) is 0. The van der Waals surface area contributed by atoms with Gasteiger partial charge in [0.1, 0.15) is 0 Å². The number of fused-ring (bicyclic) bond motifs is 1. The quantitative estimate of drug-likeness (QED) is 0.524. The first-order valence-electron chi connectivity index (χ1n) is 3.23. The third kappa shape index (κ3) is 1.45. The number of pyridine rings is 1. The van der Waals surface area contributed by atoms with Crippen LogP contribution in [-0.4, -0.2) is 4.98 Å². The summed E-state index contributed by atoms with van der Waals surface area (Å²) in [6.45, 7) is 3.77. The molecule has 0 fully saturated rings. The van der Waals surface area contributed by atoms with Crippen molar-refractivity contribution in [2.45, 2.75) is 13.8 Å². The predicted octanol–water partition coefficient (Wildman–Crippen LogP) is -1.49. The van der Waals surface area contributed by atoms with Crippen molar-refractivity contribution in [1.29, 1.82) is 0 Å². The molecule has 12 heavy (non-hydrogen) atoms. The maximum absolute atomic E-state index is 10.9. The maximum Gasteiger partial charge on any atom is 0.196 e. The highest BCUT2D eigenvalue weighted by atomic mass is 35.5. The van der Waals surface area contributed by atoms with Crippen molar-refractivity contribution in [1.82, 2.24) is 4.98 Å².